The maximum atomic E-state index is 13.4. The molecule has 9 heteroatoms. The molecule has 0 radical (unpaired) electrons. The van der Waals surface area contributed by atoms with Crippen LogP contribution < -0.4 is 10.5 Å². The summed E-state index contributed by atoms with van der Waals surface area (Å²) in [7, 11) is -2.04. The maximum Gasteiger partial charge on any atom is 0.461 e. The molecule has 122 valence electrons. The smallest absolute Gasteiger partial charge is 0.321 e. The summed E-state index contributed by atoms with van der Waals surface area (Å²) in [5.74, 6) is -7.35. The van der Waals surface area contributed by atoms with E-state index in [-0.39, 0.29) is 5.69 Å². The van der Waals surface area contributed by atoms with Crippen molar-refractivity contribution in [2.75, 3.05) is 5.32 Å². The van der Waals surface area contributed by atoms with Crippen LogP contribution in [0.3, 0.4) is 0 Å². The van der Waals surface area contributed by atoms with Gasteiger partial charge in [-0.2, -0.15) is 17.6 Å². The van der Waals surface area contributed by atoms with Crippen molar-refractivity contribution in [3.8, 4) is 0 Å². The first-order chi connectivity index (χ1) is 9.98. The average Bonchev–Trinajstić information content (AvgIpc) is 2.45. The van der Waals surface area contributed by atoms with Gasteiger partial charge in [-0.25, -0.2) is 0 Å². The topological polar surface area (TPSA) is 38.3 Å². The number of hydrogen-bond acceptors (Lipinski definition) is 2. The summed E-state index contributed by atoms with van der Waals surface area (Å²) < 4.78 is 62.4. The lowest BCUT2D eigenvalue weighted by Gasteiger charge is -2.23. The van der Waals surface area contributed by atoms with Gasteiger partial charge in [-0.3, -0.25) is 4.79 Å². The lowest BCUT2D eigenvalue weighted by atomic mass is 10.2. The highest BCUT2D eigenvalue weighted by Gasteiger charge is 2.65. The number of amides is 1. The highest BCUT2D eigenvalue weighted by atomic mass is 28.3. The van der Waals surface area contributed by atoms with Gasteiger partial charge in [-0.05, 0) is 16.7 Å². The number of carbonyl (C=O) groups excluding carboxylic acids is 1. The molecule has 0 spiro atoms. The molecule has 0 fully saturated rings. The van der Waals surface area contributed by atoms with E-state index in [0.29, 0.717) is 0 Å². The third-order valence-electron chi connectivity index (χ3n) is 3.14. The molecule has 0 aliphatic heterocycles. The highest BCUT2D eigenvalue weighted by Crippen LogP contribution is 2.36. The van der Waals surface area contributed by atoms with Crippen LogP contribution in [0.2, 0.25) is 13.1 Å². The Balaban J connectivity index is 3.08. The van der Waals surface area contributed by atoms with Gasteiger partial charge in [0.05, 0.1) is 0 Å². The van der Waals surface area contributed by atoms with E-state index in [4.69, 9.17) is 0 Å². The molecule has 1 aromatic rings. The van der Waals surface area contributed by atoms with Crippen molar-refractivity contribution < 1.29 is 31.8 Å². The highest BCUT2D eigenvalue weighted by molar-refractivity contribution is 6.93. The van der Waals surface area contributed by atoms with Crippen LogP contribution in [0.25, 0.3) is 0 Å². The molecule has 3 nitrogen and oxygen atoms in total. The van der Waals surface area contributed by atoms with E-state index in [9.17, 15) is 26.9 Å². The summed E-state index contributed by atoms with van der Waals surface area (Å²) in [5, 5.41) is 2.41. The van der Waals surface area contributed by atoms with Gasteiger partial charge in [0, 0.05) is 5.69 Å². The average molecular weight is 339 g/mol. The van der Waals surface area contributed by atoms with Crippen molar-refractivity contribution in [3.63, 3.8) is 0 Å². The normalized spacial score (nSPS) is 15.0. The number of carbonyl (C=O) groups is 1. The van der Waals surface area contributed by atoms with E-state index in [0.717, 1.165) is 5.19 Å². The third kappa shape index (κ3) is 3.53. The number of halogens is 5. The fourth-order valence-corrected chi connectivity index (χ4v) is 2.82. The van der Waals surface area contributed by atoms with Crippen LogP contribution in [0.1, 0.15) is 0 Å². The van der Waals surface area contributed by atoms with E-state index in [2.05, 4.69) is 11.5 Å². The van der Waals surface area contributed by atoms with Crippen molar-refractivity contribution in [2.24, 2.45) is 0 Å². The second-order valence-electron chi connectivity index (χ2n) is 5.13. The van der Waals surface area contributed by atoms with E-state index in [1.54, 1.807) is 17.1 Å². The van der Waals surface area contributed by atoms with Crippen molar-refractivity contribution >= 4 is 24.9 Å². The molecule has 0 aromatic heterocycles. The second kappa shape index (κ2) is 6.17. The van der Waals surface area contributed by atoms with E-state index < -0.39 is 26.0 Å². The van der Waals surface area contributed by atoms with Gasteiger partial charge in [0.15, 0.2) is 0 Å². The van der Waals surface area contributed by atoms with Crippen LogP contribution in [-0.4, -0.2) is 26.0 Å². The van der Waals surface area contributed by atoms with Crippen molar-refractivity contribution in [1.82, 2.24) is 0 Å². The molecule has 1 atom stereocenters. The van der Waals surface area contributed by atoms with Crippen molar-refractivity contribution in [3.05, 3.63) is 36.5 Å². The first-order valence-corrected chi connectivity index (χ1v) is 9.16. The van der Waals surface area contributed by atoms with Gasteiger partial charge in [0.1, 0.15) is 8.07 Å². The first kappa shape index (κ1) is 18.3. The molecule has 22 heavy (non-hydrogen) atoms. The summed E-state index contributed by atoms with van der Waals surface area (Å²) >= 11 is 0. The number of hydrogen-bond donors (Lipinski definition) is 1. The lowest BCUT2D eigenvalue weighted by Crippen LogP contribution is -2.52. The lowest BCUT2D eigenvalue weighted by molar-refractivity contribution is -0.379. The summed E-state index contributed by atoms with van der Waals surface area (Å²) in [6.45, 7) is 7.52. The molecule has 1 amide bonds. The Kier molecular flexibility index (Phi) is 5.13. The molecule has 1 aromatic carbocycles. The number of anilines is 1. The minimum Gasteiger partial charge on any atom is -0.321 e. The predicted molar refractivity (Wildman–Crippen MR) is 74.5 cm³/mol. The summed E-state index contributed by atoms with van der Waals surface area (Å²) in [6.07, 6.45) is -5.85. The number of alkyl halides is 4. The largest absolute Gasteiger partial charge is 0.461 e. The maximum absolute atomic E-state index is 13.4. The molecule has 0 aliphatic carbocycles. The van der Waals surface area contributed by atoms with E-state index in [1.807, 2.05) is 13.1 Å². The summed E-state index contributed by atoms with van der Waals surface area (Å²) in [4.78, 5) is 13.6. The first-order valence-electron chi connectivity index (χ1n) is 6.09. The monoisotopic (exact) mass is 339 g/mol. The Morgan fingerprint density at radius 2 is 1.91 bits per heavy atom. The van der Waals surface area contributed by atoms with Gasteiger partial charge in [-0.15, -0.1) is 11.5 Å². The summed E-state index contributed by atoms with van der Waals surface area (Å²) in [6, 6.07) is 5.83. The molecule has 1 rings (SSSR count). The van der Waals surface area contributed by atoms with Crippen LogP contribution in [0.5, 0.6) is 0 Å². The van der Waals surface area contributed by atoms with Crippen molar-refractivity contribution in [2.45, 2.75) is 25.1 Å². The number of benzene rings is 1. The second-order valence-corrected chi connectivity index (χ2v) is 9.56. The Hall–Kier alpha value is -1.74. The van der Waals surface area contributed by atoms with E-state index >= 15 is 0 Å². The Morgan fingerprint density at radius 3 is 2.36 bits per heavy atom. The van der Waals surface area contributed by atoms with Crippen LogP contribution in [0.4, 0.5) is 27.8 Å². The predicted octanol–water partition coefficient (Wildman–Crippen LogP) is 3.39. The van der Waals surface area contributed by atoms with Crippen LogP contribution in [0.15, 0.2) is 36.5 Å². The minimum atomic E-state index is -5.85. The zero-order chi connectivity index (χ0) is 17.2. The number of nitrogens with one attached hydrogen (secondary N) is 1. The van der Waals surface area contributed by atoms with Crippen molar-refractivity contribution in [1.29, 1.82) is 0 Å². The minimum absolute atomic E-state index is 0.103. The molecule has 1 N–H and O–H groups in total. The number of rotatable bonds is 5. The van der Waals surface area contributed by atoms with Gasteiger partial charge in [0.25, 0.3) is 0 Å². The molecule has 0 heterocycles. The summed E-state index contributed by atoms with van der Waals surface area (Å²) in [5.41, 5.74) is 1.63. The Labute approximate surface area is 124 Å². The van der Waals surface area contributed by atoms with Gasteiger partial charge in [0.2, 0.25) is 0 Å². The van der Waals surface area contributed by atoms with Gasteiger partial charge in [-0.1, -0.05) is 36.1 Å². The molecule has 0 bridgehead atoms. The zero-order valence-corrected chi connectivity index (χ0v) is 12.8. The van der Waals surface area contributed by atoms with Crippen LogP contribution in [0, 0.1) is 0 Å². The van der Waals surface area contributed by atoms with Crippen LogP contribution in [-0.2, 0) is 9.74 Å². The molecule has 0 saturated heterocycles. The quantitative estimate of drug-likeness (QED) is 0.660. The molecular formula is C13H14F5NO2Si. The zero-order valence-electron chi connectivity index (χ0n) is 11.8. The molecule has 0 aliphatic rings. The van der Waals surface area contributed by atoms with Gasteiger partial charge >= 0.3 is 17.9 Å². The molecule has 1 unspecified atom stereocenters. The molecular weight excluding hydrogens is 325 g/mol. The fraction of sp³-hybridized carbons (Fsp3) is 0.308. The SMILES string of the molecule is C=C[Si](C)(C)c1cccc(NC(=O)C(F)(OF)C(F)(F)F)c1. The van der Waals surface area contributed by atoms with Gasteiger partial charge < -0.3 is 5.32 Å². The Bertz CT molecular complexity index is 576. The third-order valence-corrected chi connectivity index (χ3v) is 5.96. The Morgan fingerprint density at radius 1 is 1.32 bits per heavy atom. The van der Waals surface area contributed by atoms with E-state index in [1.165, 1.54) is 18.2 Å². The fourth-order valence-electron chi connectivity index (χ4n) is 1.53. The molecule has 0 saturated carbocycles. The van der Waals surface area contributed by atoms with Crippen LogP contribution >= 0.6 is 0 Å². The standard InChI is InChI=1S/C13H14F5NO2Si/c1-4-22(2,3)10-7-5-6-9(8-10)19-11(20)12(14,21-18)13(15,16)17/h4-8H,1H2,2-3H3,(H,19,20).